The van der Waals surface area contributed by atoms with Crippen LogP contribution >= 0.6 is 11.8 Å². The molecule has 36 heavy (non-hydrogen) atoms. The molecule has 1 aliphatic rings. The van der Waals surface area contributed by atoms with Crippen molar-refractivity contribution >= 4 is 40.6 Å². The number of amides is 1. The van der Waals surface area contributed by atoms with Crippen molar-refractivity contribution in [2.75, 3.05) is 0 Å². The monoisotopic (exact) mass is 501 g/mol. The Bertz CT molecular complexity index is 1430. The van der Waals surface area contributed by atoms with Crippen molar-refractivity contribution in [3.63, 3.8) is 0 Å². The van der Waals surface area contributed by atoms with E-state index in [0.29, 0.717) is 21.3 Å². The van der Waals surface area contributed by atoms with Crippen LogP contribution in [0.2, 0.25) is 0 Å². The zero-order valence-corrected chi connectivity index (χ0v) is 22.4. The number of rotatable bonds is 6. The smallest absolute Gasteiger partial charge is 0.550 e. The van der Waals surface area contributed by atoms with E-state index in [1.165, 1.54) is 11.8 Å². The Morgan fingerprint density at radius 2 is 1.53 bits per heavy atom. The Hall–Kier alpha value is -3.36. The molecule has 3 aromatic carbocycles. The van der Waals surface area contributed by atoms with E-state index in [1.54, 1.807) is 24.3 Å². The minimum atomic E-state index is -1.13. The third kappa shape index (κ3) is 6.25. The molecule has 1 saturated heterocycles. The van der Waals surface area contributed by atoms with Gasteiger partial charge in [-0.1, -0.05) is 48.5 Å². The number of carbonyl (C=O) groups excluding carboxylic acids is 2. The van der Waals surface area contributed by atoms with Crippen LogP contribution in [0.1, 0.15) is 11.1 Å². The van der Waals surface area contributed by atoms with Crippen LogP contribution in [0.15, 0.2) is 107 Å². The first-order chi connectivity index (χ1) is 17.0. The predicted molar refractivity (Wildman–Crippen MR) is 137 cm³/mol. The molecule has 0 aliphatic carbocycles. The van der Waals surface area contributed by atoms with Gasteiger partial charge in [-0.05, 0) is 76.5 Å². The number of hydrogen-bond donors (Lipinski definition) is 1. The standard InChI is InChI=1S/C28H21N3O3S.Na/c32-26(33)18-20-5-11-23(12-6-20)29-28-30-27(34)25(35-28)17-19-3-7-21(8-4-19)22-9-13-24(14-10-22)31-15-1-2-16-31;/h1-17H,18H2,(H,32,33)(H,29,30,34);/q;+1/p-1. The van der Waals surface area contributed by atoms with Gasteiger partial charge in [0.05, 0.1) is 10.6 Å². The average Bonchev–Trinajstić information content (AvgIpc) is 3.51. The Kier molecular flexibility index (Phi) is 8.28. The van der Waals surface area contributed by atoms with E-state index < -0.39 is 5.97 Å². The van der Waals surface area contributed by atoms with E-state index >= 15 is 0 Å². The molecule has 0 saturated carbocycles. The van der Waals surface area contributed by atoms with Crippen molar-refractivity contribution in [3.05, 3.63) is 113 Å². The van der Waals surface area contributed by atoms with Crippen molar-refractivity contribution in [2.24, 2.45) is 4.99 Å². The minimum Gasteiger partial charge on any atom is -0.550 e. The van der Waals surface area contributed by atoms with E-state index in [4.69, 9.17) is 0 Å². The molecule has 0 radical (unpaired) electrons. The maximum atomic E-state index is 12.4. The second-order valence-electron chi connectivity index (χ2n) is 7.96. The van der Waals surface area contributed by atoms with Gasteiger partial charge in [-0.3, -0.25) is 4.79 Å². The number of hydrogen-bond acceptors (Lipinski definition) is 5. The molecule has 1 fully saturated rings. The summed E-state index contributed by atoms with van der Waals surface area (Å²) >= 11 is 1.27. The van der Waals surface area contributed by atoms with Gasteiger partial charge in [0.1, 0.15) is 0 Å². The predicted octanol–water partition coefficient (Wildman–Crippen LogP) is 1.33. The molecule has 2 heterocycles. The summed E-state index contributed by atoms with van der Waals surface area (Å²) in [6.07, 6.45) is 5.72. The molecule has 1 amide bonds. The van der Waals surface area contributed by atoms with E-state index in [2.05, 4.69) is 39.1 Å². The molecule has 0 spiro atoms. The topological polar surface area (TPSA) is 86.5 Å². The fourth-order valence-corrected chi connectivity index (χ4v) is 4.55. The van der Waals surface area contributed by atoms with Gasteiger partial charge >= 0.3 is 29.6 Å². The van der Waals surface area contributed by atoms with Crippen LogP contribution in [0.3, 0.4) is 0 Å². The number of amidine groups is 1. The van der Waals surface area contributed by atoms with Gasteiger partial charge in [0, 0.05) is 30.5 Å². The number of carboxylic acids is 1. The summed E-state index contributed by atoms with van der Waals surface area (Å²) in [6, 6.07) is 27.2. The maximum absolute atomic E-state index is 12.4. The second kappa shape index (κ2) is 11.6. The molecule has 8 heteroatoms. The van der Waals surface area contributed by atoms with Gasteiger partial charge in [0.15, 0.2) is 5.17 Å². The molecular formula is C28H20N3NaO3S. The van der Waals surface area contributed by atoms with Gasteiger partial charge < -0.3 is 19.8 Å². The normalized spacial score (nSPS) is 15.1. The van der Waals surface area contributed by atoms with E-state index in [9.17, 15) is 14.7 Å². The maximum Gasteiger partial charge on any atom is 1.00 e. The first-order valence-electron chi connectivity index (χ1n) is 11.0. The van der Waals surface area contributed by atoms with E-state index in [0.717, 1.165) is 22.4 Å². The van der Waals surface area contributed by atoms with Crippen molar-refractivity contribution in [1.82, 2.24) is 9.88 Å². The molecule has 1 N–H and O–H groups in total. The Balaban J connectivity index is 0.00000304. The zero-order valence-electron chi connectivity index (χ0n) is 19.5. The van der Waals surface area contributed by atoms with Gasteiger partial charge in [-0.25, -0.2) is 4.99 Å². The van der Waals surface area contributed by atoms with Crippen LogP contribution in [0.4, 0.5) is 5.69 Å². The fraction of sp³-hybridized carbons (Fsp3) is 0.0357. The van der Waals surface area contributed by atoms with Crippen LogP contribution in [-0.4, -0.2) is 21.6 Å². The molecule has 1 aromatic heterocycles. The van der Waals surface area contributed by atoms with Gasteiger partial charge in [0.25, 0.3) is 5.91 Å². The molecule has 6 nitrogen and oxygen atoms in total. The second-order valence-corrected chi connectivity index (χ2v) is 8.99. The van der Waals surface area contributed by atoms with Crippen molar-refractivity contribution in [2.45, 2.75) is 6.42 Å². The number of nitrogens with zero attached hydrogens (tertiary/aromatic N) is 2. The van der Waals surface area contributed by atoms with Gasteiger partial charge in [-0.2, -0.15) is 0 Å². The first-order valence-corrected chi connectivity index (χ1v) is 11.8. The summed E-state index contributed by atoms with van der Waals surface area (Å²) in [5.74, 6) is -1.33. The summed E-state index contributed by atoms with van der Waals surface area (Å²) in [5.41, 5.74) is 5.51. The van der Waals surface area contributed by atoms with Gasteiger partial charge in [0.2, 0.25) is 0 Å². The summed E-state index contributed by atoms with van der Waals surface area (Å²) < 4.78 is 2.06. The molecule has 0 atom stereocenters. The number of aromatic nitrogens is 1. The molecule has 0 unspecified atom stereocenters. The van der Waals surface area contributed by atoms with Crippen LogP contribution in [0, 0.1) is 0 Å². The Morgan fingerprint density at radius 1 is 0.917 bits per heavy atom. The quantitative estimate of drug-likeness (QED) is 0.319. The SMILES string of the molecule is O=C([O-])Cc1ccc(N=C2NC(=O)C(=Cc3ccc(-c4ccc(-n5cccc5)cc4)cc3)S2)cc1.[Na+]. The third-order valence-electron chi connectivity index (χ3n) is 5.48. The van der Waals surface area contributed by atoms with E-state index in [1.807, 2.05) is 54.9 Å². The number of benzene rings is 3. The number of carbonyl (C=O) groups is 2. The minimum absolute atomic E-state index is 0. The van der Waals surface area contributed by atoms with Crippen molar-refractivity contribution < 1.29 is 44.3 Å². The Morgan fingerprint density at radius 3 is 2.14 bits per heavy atom. The zero-order chi connectivity index (χ0) is 24.2. The van der Waals surface area contributed by atoms with Crippen LogP contribution in [0.25, 0.3) is 22.9 Å². The fourth-order valence-electron chi connectivity index (χ4n) is 3.71. The summed E-state index contributed by atoms with van der Waals surface area (Å²) in [6.45, 7) is 0. The first kappa shape index (κ1) is 25.7. The summed E-state index contributed by atoms with van der Waals surface area (Å²) in [7, 11) is 0. The number of thioether (sulfide) groups is 1. The number of aliphatic carboxylic acids is 1. The Labute approximate surface area is 235 Å². The number of nitrogens with one attached hydrogen (secondary N) is 1. The number of aliphatic imine (C=N–C) groups is 1. The average molecular weight is 502 g/mol. The van der Waals surface area contributed by atoms with Crippen LogP contribution < -0.4 is 40.0 Å². The molecule has 0 bridgehead atoms. The van der Waals surface area contributed by atoms with E-state index in [-0.39, 0.29) is 41.9 Å². The van der Waals surface area contributed by atoms with Gasteiger partial charge in [-0.15, -0.1) is 0 Å². The molecule has 1 aliphatic heterocycles. The molecule has 172 valence electrons. The third-order valence-corrected chi connectivity index (χ3v) is 6.39. The van der Waals surface area contributed by atoms with Crippen LogP contribution in [-0.2, 0) is 16.0 Å². The summed E-state index contributed by atoms with van der Waals surface area (Å²) in [4.78, 5) is 28.1. The largest absolute Gasteiger partial charge is 1.00 e. The molecular weight excluding hydrogens is 481 g/mol. The van der Waals surface area contributed by atoms with Crippen molar-refractivity contribution in [1.29, 1.82) is 0 Å². The van der Waals surface area contributed by atoms with Crippen molar-refractivity contribution in [3.8, 4) is 16.8 Å². The summed E-state index contributed by atoms with van der Waals surface area (Å²) in [5, 5.41) is 14.0. The molecule has 4 aromatic rings. The molecule has 5 rings (SSSR count). The number of carboxylic acid groups (broad SMARTS) is 1. The van der Waals surface area contributed by atoms with Crippen LogP contribution in [0.5, 0.6) is 0 Å².